The summed E-state index contributed by atoms with van der Waals surface area (Å²) in [5.41, 5.74) is 2.26. The maximum Gasteiger partial charge on any atom is 0.259 e. The maximum absolute atomic E-state index is 13.4. The molecule has 2 rings (SSSR count). The average molecular weight is 350 g/mol. The minimum atomic E-state index is -0.425. The molecule has 4 heteroatoms. The lowest BCUT2D eigenvalue weighted by Gasteiger charge is -2.19. The highest BCUT2D eigenvalue weighted by Gasteiger charge is 2.17. The normalized spacial score (nSPS) is 10.8. The molecule has 0 unspecified atom stereocenters. The molecular formula is C17H17BrFNO. The van der Waals surface area contributed by atoms with E-state index in [1.54, 1.807) is 13.1 Å². The highest BCUT2D eigenvalue weighted by Crippen LogP contribution is 2.24. The van der Waals surface area contributed by atoms with E-state index in [2.05, 4.69) is 29.8 Å². The van der Waals surface area contributed by atoms with Gasteiger partial charge in [0, 0.05) is 17.2 Å². The molecule has 1 amide bonds. The molecule has 0 aliphatic carbocycles. The van der Waals surface area contributed by atoms with E-state index >= 15 is 0 Å². The van der Waals surface area contributed by atoms with Crippen molar-refractivity contribution in [3.8, 4) is 0 Å². The second kappa shape index (κ2) is 6.39. The van der Waals surface area contributed by atoms with Gasteiger partial charge in [0.2, 0.25) is 0 Å². The number of anilines is 1. The first-order valence-corrected chi connectivity index (χ1v) is 7.52. The van der Waals surface area contributed by atoms with Crippen LogP contribution in [-0.2, 0) is 0 Å². The summed E-state index contributed by atoms with van der Waals surface area (Å²) in [6, 6.07) is 11.9. The van der Waals surface area contributed by atoms with Crippen molar-refractivity contribution >= 4 is 27.5 Å². The lowest BCUT2D eigenvalue weighted by atomic mass is 10.0. The van der Waals surface area contributed by atoms with Crippen LogP contribution in [0.3, 0.4) is 0 Å². The number of halogens is 2. The number of carbonyl (C=O) groups is 1. The molecule has 0 heterocycles. The van der Waals surface area contributed by atoms with Crippen molar-refractivity contribution in [2.45, 2.75) is 19.8 Å². The fourth-order valence-corrected chi connectivity index (χ4v) is 2.47. The van der Waals surface area contributed by atoms with Crippen LogP contribution in [0.1, 0.15) is 35.7 Å². The molecule has 0 spiro atoms. The second-order valence-corrected chi connectivity index (χ2v) is 6.09. The van der Waals surface area contributed by atoms with Crippen molar-refractivity contribution in [1.82, 2.24) is 0 Å². The monoisotopic (exact) mass is 349 g/mol. The Labute approximate surface area is 132 Å². The van der Waals surface area contributed by atoms with Crippen molar-refractivity contribution in [2.24, 2.45) is 0 Å². The smallest absolute Gasteiger partial charge is 0.259 e. The SMILES string of the molecule is CC(C)c1cccc(N(C)C(=O)c2cc(F)ccc2Br)c1. The predicted octanol–water partition coefficient (Wildman–Crippen LogP) is 4.99. The van der Waals surface area contributed by atoms with Crippen LogP contribution in [0, 0.1) is 5.82 Å². The molecule has 21 heavy (non-hydrogen) atoms. The number of rotatable bonds is 3. The Balaban J connectivity index is 2.35. The van der Waals surface area contributed by atoms with Crippen molar-refractivity contribution in [2.75, 3.05) is 11.9 Å². The summed E-state index contributed by atoms with van der Waals surface area (Å²) in [7, 11) is 1.69. The van der Waals surface area contributed by atoms with Gasteiger partial charge in [0.05, 0.1) is 5.56 Å². The molecule has 0 saturated carbocycles. The summed E-state index contributed by atoms with van der Waals surface area (Å²) < 4.78 is 13.9. The van der Waals surface area contributed by atoms with Gasteiger partial charge in [0.15, 0.2) is 0 Å². The van der Waals surface area contributed by atoms with E-state index in [-0.39, 0.29) is 5.91 Å². The number of nitrogens with zero attached hydrogens (tertiary/aromatic N) is 1. The Morgan fingerprint density at radius 1 is 1.19 bits per heavy atom. The van der Waals surface area contributed by atoms with E-state index < -0.39 is 5.82 Å². The summed E-state index contributed by atoms with van der Waals surface area (Å²) in [5, 5.41) is 0. The highest BCUT2D eigenvalue weighted by atomic mass is 79.9. The first kappa shape index (κ1) is 15.7. The number of hydrogen-bond acceptors (Lipinski definition) is 1. The van der Waals surface area contributed by atoms with Gasteiger partial charge in [-0.05, 0) is 57.7 Å². The quantitative estimate of drug-likeness (QED) is 0.764. The van der Waals surface area contributed by atoms with Crippen LogP contribution >= 0.6 is 15.9 Å². The zero-order chi connectivity index (χ0) is 15.6. The fraction of sp³-hybridized carbons (Fsp3) is 0.235. The van der Waals surface area contributed by atoms with Gasteiger partial charge >= 0.3 is 0 Å². The fourth-order valence-electron chi connectivity index (χ4n) is 2.05. The summed E-state index contributed by atoms with van der Waals surface area (Å²) in [6.07, 6.45) is 0. The van der Waals surface area contributed by atoms with E-state index in [9.17, 15) is 9.18 Å². The second-order valence-electron chi connectivity index (χ2n) is 5.24. The van der Waals surface area contributed by atoms with Crippen LogP contribution in [0.25, 0.3) is 0 Å². The molecule has 0 radical (unpaired) electrons. The molecule has 0 saturated heterocycles. The summed E-state index contributed by atoms with van der Waals surface area (Å²) in [4.78, 5) is 14.1. The van der Waals surface area contributed by atoms with Crippen LogP contribution in [-0.4, -0.2) is 13.0 Å². The van der Waals surface area contributed by atoms with Crippen LogP contribution in [0.15, 0.2) is 46.9 Å². The van der Waals surface area contributed by atoms with Gasteiger partial charge < -0.3 is 4.90 Å². The molecule has 2 nitrogen and oxygen atoms in total. The Bertz CT molecular complexity index is 670. The molecule has 2 aromatic rings. The van der Waals surface area contributed by atoms with Crippen LogP contribution < -0.4 is 4.90 Å². The molecule has 0 aliphatic rings. The highest BCUT2D eigenvalue weighted by molar-refractivity contribution is 9.10. The van der Waals surface area contributed by atoms with Gasteiger partial charge in [-0.2, -0.15) is 0 Å². The van der Waals surface area contributed by atoms with Gasteiger partial charge in [-0.3, -0.25) is 4.79 Å². The number of hydrogen-bond donors (Lipinski definition) is 0. The van der Waals surface area contributed by atoms with Crippen LogP contribution in [0.4, 0.5) is 10.1 Å². The standard InChI is InChI=1S/C17H17BrFNO/c1-11(2)12-5-4-6-14(9-12)20(3)17(21)15-10-13(19)7-8-16(15)18/h4-11H,1-3H3. The molecule has 0 bridgehead atoms. The van der Waals surface area contributed by atoms with Crippen LogP contribution in [0.5, 0.6) is 0 Å². The van der Waals surface area contributed by atoms with Crippen LogP contribution in [0.2, 0.25) is 0 Å². The third-order valence-electron chi connectivity index (χ3n) is 3.39. The van der Waals surface area contributed by atoms with E-state index in [0.29, 0.717) is 16.0 Å². The first-order chi connectivity index (χ1) is 9.90. The van der Waals surface area contributed by atoms with Gasteiger partial charge in [-0.15, -0.1) is 0 Å². The number of amides is 1. The Kier molecular flexibility index (Phi) is 4.78. The maximum atomic E-state index is 13.4. The van der Waals surface area contributed by atoms with E-state index in [1.807, 2.05) is 24.3 Å². The topological polar surface area (TPSA) is 20.3 Å². The zero-order valence-electron chi connectivity index (χ0n) is 12.2. The molecule has 2 aromatic carbocycles. The summed E-state index contributed by atoms with van der Waals surface area (Å²) >= 11 is 3.30. The number of carbonyl (C=O) groups excluding carboxylic acids is 1. The van der Waals surface area contributed by atoms with E-state index in [0.717, 1.165) is 11.3 Å². The first-order valence-electron chi connectivity index (χ1n) is 6.73. The Morgan fingerprint density at radius 2 is 1.90 bits per heavy atom. The molecule has 0 aromatic heterocycles. The molecule has 0 fully saturated rings. The lowest BCUT2D eigenvalue weighted by Crippen LogP contribution is -2.26. The third kappa shape index (κ3) is 3.50. The molecule has 0 atom stereocenters. The largest absolute Gasteiger partial charge is 0.311 e. The zero-order valence-corrected chi connectivity index (χ0v) is 13.8. The molecule has 0 aliphatic heterocycles. The summed E-state index contributed by atoms with van der Waals surface area (Å²) in [5.74, 6) is -0.289. The van der Waals surface area contributed by atoms with Gasteiger partial charge in [-0.25, -0.2) is 4.39 Å². The van der Waals surface area contributed by atoms with E-state index in [4.69, 9.17) is 0 Å². The Hall–Kier alpha value is -1.68. The molecule has 110 valence electrons. The minimum Gasteiger partial charge on any atom is -0.311 e. The van der Waals surface area contributed by atoms with Gasteiger partial charge in [-0.1, -0.05) is 26.0 Å². The van der Waals surface area contributed by atoms with Crippen molar-refractivity contribution in [3.05, 3.63) is 63.9 Å². The van der Waals surface area contributed by atoms with Crippen molar-refractivity contribution in [3.63, 3.8) is 0 Å². The van der Waals surface area contributed by atoms with E-state index in [1.165, 1.54) is 17.0 Å². The summed E-state index contributed by atoms with van der Waals surface area (Å²) in [6.45, 7) is 4.20. The van der Waals surface area contributed by atoms with Gasteiger partial charge in [0.25, 0.3) is 5.91 Å². The average Bonchev–Trinajstić information content (AvgIpc) is 2.48. The van der Waals surface area contributed by atoms with Crippen molar-refractivity contribution in [1.29, 1.82) is 0 Å². The Morgan fingerprint density at radius 3 is 2.57 bits per heavy atom. The third-order valence-corrected chi connectivity index (χ3v) is 4.08. The number of benzene rings is 2. The predicted molar refractivity (Wildman–Crippen MR) is 87.4 cm³/mol. The van der Waals surface area contributed by atoms with Crippen molar-refractivity contribution < 1.29 is 9.18 Å². The lowest BCUT2D eigenvalue weighted by molar-refractivity contribution is 0.0992. The minimum absolute atomic E-state index is 0.248. The molecule has 0 N–H and O–H groups in total. The van der Waals surface area contributed by atoms with Gasteiger partial charge in [0.1, 0.15) is 5.82 Å². The molecular weight excluding hydrogens is 333 g/mol.